The van der Waals surface area contributed by atoms with Crippen LogP contribution in [0.1, 0.15) is 28.4 Å². The normalized spacial score (nSPS) is 14.0. The van der Waals surface area contributed by atoms with Gasteiger partial charge in [-0.2, -0.15) is 0 Å². The molecule has 0 spiro atoms. The molecule has 1 saturated heterocycles. The van der Waals surface area contributed by atoms with E-state index in [0.717, 1.165) is 23.2 Å². The summed E-state index contributed by atoms with van der Waals surface area (Å²) in [4.78, 5) is 29.0. The molecule has 6 nitrogen and oxygen atoms in total. The molecule has 3 amide bonds. The second kappa shape index (κ2) is 8.78. The highest BCUT2D eigenvalue weighted by molar-refractivity contribution is 5.95. The molecule has 2 aromatic rings. The van der Waals surface area contributed by atoms with Gasteiger partial charge < -0.3 is 19.9 Å². The summed E-state index contributed by atoms with van der Waals surface area (Å²) in [6, 6.07) is 13.1. The van der Waals surface area contributed by atoms with Crippen LogP contribution in [0.2, 0.25) is 0 Å². The lowest BCUT2D eigenvalue weighted by Crippen LogP contribution is -2.51. The van der Waals surface area contributed by atoms with Gasteiger partial charge in [-0.3, -0.25) is 4.79 Å². The van der Waals surface area contributed by atoms with Crippen LogP contribution in [0.3, 0.4) is 0 Å². The van der Waals surface area contributed by atoms with E-state index in [0.29, 0.717) is 37.5 Å². The predicted molar refractivity (Wildman–Crippen MR) is 110 cm³/mol. The van der Waals surface area contributed by atoms with Crippen LogP contribution in [0.15, 0.2) is 42.5 Å². The molecule has 0 aliphatic carbocycles. The van der Waals surface area contributed by atoms with Crippen LogP contribution >= 0.6 is 0 Å². The lowest BCUT2D eigenvalue weighted by Gasteiger charge is -2.35. The first-order valence-electron chi connectivity index (χ1n) is 9.61. The number of nitrogens with one attached hydrogen (secondary N) is 1. The van der Waals surface area contributed by atoms with Crippen molar-refractivity contribution in [3.63, 3.8) is 0 Å². The van der Waals surface area contributed by atoms with Gasteiger partial charge in [0.15, 0.2) is 0 Å². The van der Waals surface area contributed by atoms with E-state index in [-0.39, 0.29) is 11.9 Å². The molecule has 0 unspecified atom stereocenters. The van der Waals surface area contributed by atoms with Crippen molar-refractivity contribution in [1.29, 1.82) is 0 Å². The molecular formula is C22H27N3O3. The minimum absolute atomic E-state index is 0.0360. The lowest BCUT2D eigenvalue weighted by atomic mass is 10.1. The number of amides is 3. The predicted octanol–water partition coefficient (Wildman–Crippen LogP) is 3.56. The van der Waals surface area contributed by atoms with Crippen molar-refractivity contribution in [2.75, 3.05) is 38.6 Å². The fourth-order valence-corrected chi connectivity index (χ4v) is 3.44. The topological polar surface area (TPSA) is 61.9 Å². The van der Waals surface area contributed by atoms with Gasteiger partial charge in [0.1, 0.15) is 5.75 Å². The molecule has 0 atom stereocenters. The highest BCUT2D eigenvalue weighted by Gasteiger charge is 2.25. The van der Waals surface area contributed by atoms with Gasteiger partial charge >= 0.3 is 6.03 Å². The van der Waals surface area contributed by atoms with Gasteiger partial charge in [0.05, 0.1) is 7.11 Å². The summed E-state index contributed by atoms with van der Waals surface area (Å²) in [5.41, 5.74) is 3.68. The van der Waals surface area contributed by atoms with Gasteiger partial charge in [-0.25, -0.2) is 4.79 Å². The number of aryl methyl sites for hydroxylation is 2. The standard InChI is InChI=1S/C22H27N3O3/c1-4-17-8-5-7-16(2)20(17)23-22(27)25-13-11-24(12-14-25)21(26)18-9-6-10-19(15-18)28-3/h5-10,15H,4,11-14H2,1-3H3,(H,23,27). The minimum atomic E-state index is -0.113. The van der Waals surface area contributed by atoms with Crippen molar-refractivity contribution >= 4 is 17.6 Å². The van der Waals surface area contributed by atoms with E-state index in [1.54, 1.807) is 29.0 Å². The van der Waals surface area contributed by atoms with Crippen LogP contribution in [0.25, 0.3) is 0 Å². The molecule has 6 heteroatoms. The molecule has 1 heterocycles. The van der Waals surface area contributed by atoms with Crippen LogP contribution in [0, 0.1) is 6.92 Å². The molecule has 3 rings (SSSR count). The number of carbonyl (C=O) groups is 2. The number of anilines is 1. The molecular weight excluding hydrogens is 354 g/mol. The number of carbonyl (C=O) groups excluding carboxylic acids is 2. The molecule has 0 bridgehead atoms. The molecule has 1 aliphatic heterocycles. The van der Waals surface area contributed by atoms with Crippen molar-refractivity contribution < 1.29 is 14.3 Å². The molecule has 28 heavy (non-hydrogen) atoms. The molecule has 2 aromatic carbocycles. The van der Waals surface area contributed by atoms with Crippen molar-refractivity contribution in [2.45, 2.75) is 20.3 Å². The monoisotopic (exact) mass is 381 g/mol. The van der Waals surface area contributed by atoms with Gasteiger partial charge in [0.25, 0.3) is 5.91 Å². The molecule has 1 fully saturated rings. The summed E-state index contributed by atoms with van der Waals surface area (Å²) in [5.74, 6) is 0.625. The maximum Gasteiger partial charge on any atom is 0.321 e. The fraction of sp³-hybridized carbons (Fsp3) is 0.364. The van der Waals surface area contributed by atoms with Gasteiger partial charge in [0, 0.05) is 37.4 Å². The van der Waals surface area contributed by atoms with Gasteiger partial charge in [-0.05, 0) is 42.7 Å². The molecule has 1 N–H and O–H groups in total. The quantitative estimate of drug-likeness (QED) is 0.881. The number of rotatable bonds is 4. The Morgan fingerprint density at radius 3 is 2.39 bits per heavy atom. The largest absolute Gasteiger partial charge is 0.497 e. The van der Waals surface area contributed by atoms with E-state index in [1.807, 2.05) is 37.3 Å². The lowest BCUT2D eigenvalue weighted by molar-refractivity contribution is 0.0671. The van der Waals surface area contributed by atoms with Crippen LogP contribution in [-0.2, 0) is 6.42 Å². The number of piperazine rings is 1. The van der Waals surface area contributed by atoms with E-state index < -0.39 is 0 Å². The number of benzene rings is 2. The third-order valence-corrected chi connectivity index (χ3v) is 5.14. The van der Waals surface area contributed by atoms with Crippen molar-refractivity contribution in [2.24, 2.45) is 0 Å². The maximum atomic E-state index is 12.7. The zero-order valence-electron chi connectivity index (χ0n) is 16.7. The van der Waals surface area contributed by atoms with E-state index in [1.165, 1.54) is 0 Å². The number of hydrogen-bond acceptors (Lipinski definition) is 3. The highest BCUT2D eigenvalue weighted by atomic mass is 16.5. The first kappa shape index (κ1) is 19.7. The zero-order chi connectivity index (χ0) is 20.1. The van der Waals surface area contributed by atoms with Crippen LogP contribution in [-0.4, -0.2) is 55.0 Å². The Labute approximate surface area is 166 Å². The summed E-state index contributed by atoms with van der Waals surface area (Å²) < 4.78 is 5.19. The fourth-order valence-electron chi connectivity index (χ4n) is 3.44. The van der Waals surface area contributed by atoms with Crippen LogP contribution in [0.4, 0.5) is 10.5 Å². The second-order valence-electron chi connectivity index (χ2n) is 6.90. The number of urea groups is 1. The summed E-state index contributed by atoms with van der Waals surface area (Å²) in [6.45, 7) is 6.12. The SMILES string of the molecule is CCc1cccc(C)c1NC(=O)N1CCN(C(=O)c2cccc(OC)c2)CC1. The Kier molecular flexibility index (Phi) is 6.19. The summed E-state index contributed by atoms with van der Waals surface area (Å²) >= 11 is 0. The van der Waals surface area contributed by atoms with Crippen LogP contribution < -0.4 is 10.1 Å². The Morgan fingerprint density at radius 2 is 1.71 bits per heavy atom. The third kappa shape index (κ3) is 4.27. The number of ether oxygens (including phenoxy) is 1. The van der Waals surface area contributed by atoms with Crippen molar-refractivity contribution in [3.8, 4) is 5.75 Å². The van der Waals surface area contributed by atoms with E-state index in [9.17, 15) is 9.59 Å². The average molecular weight is 381 g/mol. The summed E-state index contributed by atoms with van der Waals surface area (Å²) in [5, 5.41) is 3.06. The number of methoxy groups -OCH3 is 1. The third-order valence-electron chi connectivity index (χ3n) is 5.14. The molecule has 0 saturated carbocycles. The minimum Gasteiger partial charge on any atom is -0.497 e. The highest BCUT2D eigenvalue weighted by Crippen LogP contribution is 2.22. The Morgan fingerprint density at radius 1 is 1.04 bits per heavy atom. The van der Waals surface area contributed by atoms with Crippen molar-refractivity contribution in [1.82, 2.24) is 9.80 Å². The Hall–Kier alpha value is -3.02. The smallest absolute Gasteiger partial charge is 0.321 e. The first-order valence-corrected chi connectivity index (χ1v) is 9.61. The van der Waals surface area contributed by atoms with Crippen LogP contribution in [0.5, 0.6) is 5.75 Å². The van der Waals surface area contributed by atoms with E-state index >= 15 is 0 Å². The van der Waals surface area contributed by atoms with Gasteiger partial charge in [-0.15, -0.1) is 0 Å². The molecule has 148 valence electrons. The van der Waals surface area contributed by atoms with E-state index in [4.69, 9.17) is 4.74 Å². The first-order chi connectivity index (χ1) is 13.5. The number of nitrogens with zero attached hydrogens (tertiary/aromatic N) is 2. The molecule has 0 radical (unpaired) electrons. The number of hydrogen-bond donors (Lipinski definition) is 1. The van der Waals surface area contributed by atoms with E-state index in [2.05, 4.69) is 12.2 Å². The van der Waals surface area contributed by atoms with Crippen molar-refractivity contribution in [3.05, 3.63) is 59.2 Å². The Bertz CT molecular complexity index is 858. The van der Waals surface area contributed by atoms with Gasteiger partial charge in [-0.1, -0.05) is 31.2 Å². The molecule has 1 aliphatic rings. The Balaban J connectivity index is 1.60. The zero-order valence-corrected chi connectivity index (χ0v) is 16.7. The summed E-state index contributed by atoms with van der Waals surface area (Å²) in [7, 11) is 1.58. The number of para-hydroxylation sites is 1. The maximum absolute atomic E-state index is 12.7. The molecule has 0 aromatic heterocycles. The second-order valence-corrected chi connectivity index (χ2v) is 6.90. The summed E-state index contributed by atoms with van der Waals surface area (Å²) in [6.07, 6.45) is 0.861. The van der Waals surface area contributed by atoms with Gasteiger partial charge in [0.2, 0.25) is 0 Å². The average Bonchev–Trinajstić information content (AvgIpc) is 2.74.